The fraction of sp³-hybridized carbons (Fsp3) is 0.667. The molecule has 0 spiro atoms. The Bertz CT molecular complexity index is 470. The van der Waals surface area contributed by atoms with Crippen molar-refractivity contribution in [2.24, 2.45) is 11.3 Å². The van der Waals surface area contributed by atoms with Crippen LogP contribution in [-0.4, -0.2) is 12.6 Å². The first-order valence-electron chi connectivity index (χ1n) is 8.11. The number of hydrogen-bond acceptors (Lipinski definition) is 1. The smallest absolute Gasteiger partial charge is 0.126 e. The standard InChI is InChI=1S/C18H27F2N/c1-4-21-17(15-7-5-6-10-18(15,2)3)12-13-11-14(19)8-9-16(13)20/h8-9,11,15,17,21H,4-7,10,12H2,1-3H3. The fourth-order valence-corrected chi connectivity index (χ4v) is 3.82. The second kappa shape index (κ2) is 6.87. The van der Waals surface area contributed by atoms with Gasteiger partial charge in [0.25, 0.3) is 0 Å². The van der Waals surface area contributed by atoms with Crippen LogP contribution in [-0.2, 0) is 6.42 Å². The Morgan fingerprint density at radius 1 is 1.29 bits per heavy atom. The van der Waals surface area contributed by atoms with E-state index in [0.29, 0.717) is 17.9 Å². The van der Waals surface area contributed by atoms with Gasteiger partial charge in [-0.3, -0.25) is 0 Å². The SMILES string of the molecule is CCNC(Cc1cc(F)ccc1F)C1CCCCC1(C)C. The fourth-order valence-electron chi connectivity index (χ4n) is 3.82. The van der Waals surface area contributed by atoms with Crippen LogP contribution in [0.4, 0.5) is 8.78 Å². The summed E-state index contributed by atoms with van der Waals surface area (Å²) >= 11 is 0. The van der Waals surface area contributed by atoms with E-state index < -0.39 is 0 Å². The normalized spacial score (nSPS) is 23.0. The van der Waals surface area contributed by atoms with Gasteiger partial charge in [0, 0.05) is 6.04 Å². The molecule has 1 N–H and O–H groups in total. The minimum Gasteiger partial charge on any atom is -0.314 e. The third-order valence-corrected chi connectivity index (χ3v) is 4.99. The number of benzene rings is 1. The lowest BCUT2D eigenvalue weighted by atomic mass is 9.65. The van der Waals surface area contributed by atoms with Crippen LogP contribution in [0.3, 0.4) is 0 Å². The number of nitrogens with one attached hydrogen (secondary N) is 1. The van der Waals surface area contributed by atoms with E-state index in [9.17, 15) is 8.78 Å². The lowest BCUT2D eigenvalue weighted by molar-refractivity contribution is 0.0984. The Hall–Kier alpha value is -0.960. The van der Waals surface area contributed by atoms with Gasteiger partial charge in [-0.05, 0) is 60.9 Å². The monoisotopic (exact) mass is 295 g/mol. The maximum atomic E-state index is 13.9. The highest BCUT2D eigenvalue weighted by Crippen LogP contribution is 2.43. The first-order valence-corrected chi connectivity index (χ1v) is 8.11. The summed E-state index contributed by atoms with van der Waals surface area (Å²) < 4.78 is 27.3. The van der Waals surface area contributed by atoms with Crippen LogP contribution >= 0.6 is 0 Å². The zero-order valence-corrected chi connectivity index (χ0v) is 13.4. The molecule has 1 aromatic carbocycles. The van der Waals surface area contributed by atoms with Crippen LogP contribution < -0.4 is 5.32 Å². The van der Waals surface area contributed by atoms with Crippen molar-refractivity contribution in [3.8, 4) is 0 Å². The second-order valence-corrected chi connectivity index (χ2v) is 6.94. The highest BCUT2D eigenvalue weighted by atomic mass is 19.1. The van der Waals surface area contributed by atoms with Crippen LogP contribution in [0.25, 0.3) is 0 Å². The van der Waals surface area contributed by atoms with Crippen molar-refractivity contribution in [2.75, 3.05) is 6.54 Å². The number of likely N-dealkylation sites (N-methyl/N-ethyl adjacent to an activating group) is 1. The van der Waals surface area contributed by atoms with E-state index in [-0.39, 0.29) is 23.1 Å². The Kier molecular flexibility index (Phi) is 5.37. The largest absolute Gasteiger partial charge is 0.314 e. The third-order valence-electron chi connectivity index (χ3n) is 4.99. The predicted octanol–water partition coefficient (Wildman–Crippen LogP) is 4.70. The molecule has 0 heterocycles. The minimum absolute atomic E-state index is 0.210. The van der Waals surface area contributed by atoms with Gasteiger partial charge in [0.1, 0.15) is 11.6 Å². The summed E-state index contributed by atoms with van der Waals surface area (Å²) in [5, 5.41) is 3.51. The lowest BCUT2D eigenvalue weighted by Gasteiger charge is -2.43. The molecule has 21 heavy (non-hydrogen) atoms. The summed E-state index contributed by atoms with van der Waals surface area (Å²) in [5.41, 5.74) is 0.747. The van der Waals surface area contributed by atoms with Gasteiger partial charge in [-0.15, -0.1) is 0 Å². The lowest BCUT2D eigenvalue weighted by Crippen LogP contribution is -2.46. The van der Waals surface area contributed by atoms with E-state index in [2.05, 4.69) is 26.1 Å². The van der Waals surface area contributed by atoms with E-state index in [1.54, 1.807) is 0 Å². The summed E-state index contributed by atoms with van der Waals surface area (Å²) in [6.07, 6.45) is 5.45. The molecule has 2 atom stereocenters. The Balaban J connectivity index is 2.20. The second-order valence-electron chi connectivity index (χ2n) is 6.94. The quantitative estimate of drug-likeness (QED) is 0.830. The van der Waals surface area contributed by atoms with Crippen LogP contribution in [0.5, 0.6) is 0 Å². The van der Waals surface area contributed by atoms with Gasteiger partial charge < -0.3 is 5.32 Å². The molecule has 3 heteroatoms. The van der Waals surface area contributed by atoms with E-state index in [0.717, 1.165) is 6.54 Å². The van der Waals surface area contributed by atoms with Gasteiger partial charge in [-0.25, -0.2) is 8.78 Å². The van der Waals surface area contributed by atoms with Gasteiger partial charge in [-0.1, -0.05) is 33.6 Å². The van der Waals surface area contributed by atoms with E-state index >= 15 is 0 Å². The van der Waals surface area contributed by atoms with Crippen molar-refractivity contribution >= 4 is 0 Å². The molecule has 0 bridgehead atoms. The van der Waals surface area contributed by atoms with Crippen molar-refractivity contribution in [3.05, 3.63) is 35.4 Å². The van der Waals surface area contributed by atoms with Crippen molar-refractivity contribution in [2.45, 2.75) is 58.9 Å². The maximum Gasteiger partial charge on any atom is 0.126 e. The molecule has 0 amide bonds. The minimum atomic E-state index is -0.357. The summed E-state index contributed by atoms with van der Waals surface area (Å²) in [4.78, 5) is 0. The zero-order valence-electron chi connectivity index (χ0n) is 13.4. The molecular formula is C18H27F2N. The molecule has 0 aliphatic heterocycles. The molecule has 2 unspecified atom stereocenters. The molecule has 2 rings (SSSR count). The highest BCUT2D eigenvalue weighted by molar-refractivity contribution is 5.20. The number of hydrogen-bond donors (Lipinski definition) is 1. The molecule has 118 valence electrons. The molecule has 0 aromatic heterocycles. The molecule has 1 aliphatic rings. The molecule has 0 radical (unpaired) electrons. The van der Waals surface area contributed by atoms with Crippen molar-refractivity contribution in [3.63, 3.8) is 0 Å². The van der Waals surface area contributed by atoms with Gasteiger partial charge in [0.15, 0.2) is 0 Å². The summed E-state index contributed by atoms with van der Waals surface area (Å²) in [5.74, 6) is -0.147. The van der Waals surface area contributed by atoms with Gasteiger partial charge in [-0.2, -0.15) is 0 Å². The van der Waals surface area contributed by atoms with Gasteiger partial charge in [0.05, 0.1) is 0 Å². The number of halogens is 2. The molecule has 1 aliphatic carbocycles. The molecule has 1 aromatic rings. The average Bonchev–Trinajstić information content (AvgIpc) is 2.42. The summed E-state index contributed by atoms with van der Waals surface area (Å²) in [6, 6.07) is 3.97. The first-order chi connectivity index (χ1) is 9.94. The summed E-state index contributed by atoms with van der Waals surface area (Å²) in [6.45, 7) is 7.55. The molecule has 1 nitrogen and oxygen atoms in total. The van der Waals surface area contributed by atoms with Gasteiger partial charge >= 0.3 is 0 Å². The molecule has 0 saturated heterocycles. The van der Waals surface area contributed by atoms with Crippen LogP contribution in [0.1, 0.15) is 52.0 Å². The van der Waals surface area contributed by atoms with E-state index in [1.807, 2.05) is 0 Å². The maximum absolute atomic E-state index is 13.9. The predicted molar refractivity (Wildman–Crippen MR) is 83.3 cm³/mol. The summed E-state index contributed by atoms with van der Waals surface area (Å²) in [7, 11) is 0. The van der Waals surface area contributed by atoms with E-state index in [1.165, 1.54) is 43.9 Å². The van der Waals surface area contributed by atoms with Crippen LogP contribution in [0.15, 0.2) is 18.2 Å². The van der Waals surface area contributed by atoms with Crippen LogP contribution in [0, 0.1) is 23.0 Å². The first kappa shape index (κ1) is 16.4. The van der Waals surface area contributed by atoms with Crippen molar-refractivity contribution in [1.29, 1.82) is 0 Å². The average molecular weight is 295 g/mol. The topological polar surface area (TPSA) is 12.0 Å². The Morgan fingerprint density at radius 3 is 2.71 bits per heavy atom. The van der Waals surface area contributed by atoms with Crippen molar-refractivity contribution < 1.29 is 8.78 Å². The molecule has 1 fully saturated rings. The third kappa shape index (κ3) is 4.03. The van der Waals surface area contributed by atoms with Crippen molar-refractivity contribution in [1.82, 2.24) is 5.32 Å². The molecular weight excluding hydrogens is 268 g/mol. The zero-order chi connectivity index (χ0) is 15.5. The number of rotatable bonds is 5. The van der Waals surface area contributed by atoms with E-state index in [4.69, 9.17) is 0 Å². The van der Waals surface area contributed by atoms with Gasteiger partial charge in [0.2, 0.25) is 0 Å². The Labute approximate surface area is 127 Å². The van der Waals surface area contributed by atoms with Crippen LogP contribution in [0.2, 0.25) is 0 Å². The Morgan fingerprint density at radius 2 is 2.05 bits per heavy atom. The highest BCUT2D eigenvalue weighted by Gasteiger charge is 2.37. The molecule has 1 saturated carbocycles.